The first-order valence-electron chi connectivity index (χ1n) is 6.17. The van der Waals surface area contributed by atoms with Gasteiger partial charge in [-0.3, -0.25) is 4.79 Å². The number of ether oxygens (including phenoxy) is 3. The van der Waals surface area contributed by atoms with E-state index in [0.717, 1.165) is 6.54 Å². The van der Waals surface area contributed by atoms with Crippen LogP contribution in [-0.4, -0.2) is 75.8 Å². The number of rotatable bonds is 11. The van der Waals surface area contributed by atoms with Crippen LogP contribution in [0.4, 0.5) is 0 Å². The molecule has 0 spiro atoms. The van der Waals surface area contributed by atoms with Crippen molar-refractivity contribution in [3.63, 3.8) is 0 Å². The summed E-state index contributed by atoms with van der Waals surface area (Å²) in [6.07, 6.45) is -0.221. The smallest absolute Gasteiger partial charge is 0.306 e. The van der Waals surface area contributed by atoms with E-state index in [1.54, 1.807) is 7.11 Å². The molecule has 0 aromatic carbocycles. The topological polar surface area (TPSA) is 68.2 Å². The predicted molar refractivity (Wildman–Crippen MR) is 67.4 cm³/mol. The second-order valence-corrected chi connectivity index (χ2v) is 3.94. The normalized spacial score (nSPS) is 12.7. The van der Waals surface area contributed by atoms with E-state index >= 15 is 0 Å². The lowest BCUT2D eigenvalue weighted by Crippen LogP contribution is -2.36. The van der Waals surface area contributed by atoms with Gasteiger partial charge in [0, 0.05) is 20.2 Å². The van der Waals surface area contributed by atoms with Gasteiger partial charge in [-0.05, 0) is 6.54 Å². The van der Waals surface area contributed by atoms with E-state index in [0.29, 0.717) is 32.7 Å². The summed E-state index contributed by atoms with van der Waals surface area (Å²) < 4.78 is 14.6. The molecule has 0 radical (unpaired) electrons. The number of carbonyl (C=O) groups excluding carboxylic acids is 1. The van der Waals surface area contributed by atoms with E-state index in [1.807, 2.05) is 11.8 Å². The van der Waals surface area contributed by atoms with Crippen LogP contribution in [0.5, 0.6) is 0 Å². The van der Waals surface area contributed by atoms with Gasteiger partial charge in [-0.1, -0.05) is 6.92 Å². The average molecular weight is 263 g/mol. The maximum absolute atomic E-state index is 11.0. The van der Waals surface area contributed by atoms with Gasteiger partial charge in [0.25, 0.3) is 0 Å². The van der Waals surface area contributed by atoms with Crippen LogP contribution in [0.15, 0.2) is 0 Å². The summed E-state index contributed by atoms with van der Waals surface area (Å²) in [4.78, 5) is 13.0. The van der Waals surface area contributed by atoms with Gasteiger partial charge >= 0.3 is 5.97 Å². The average Bonchev–Trinajstić information content (AvgIpc) is 2.39. The molecule has 0 saturated carbocycles. The van der Waals surface area contributed by atoms with E-state index in [9.17, 15) is 9.90 Å². The summed E-state index contributed by atoms with van der Waals surface area (Å²) in [5, 5.41) is 9.75. The predicted octanol–water partition coefficient (Wildman–Crippen LogP) is -0.105. The van der Waals surface area contributed by atoms with E-state index in [-0.39, 0.29) is 12.6 Å². The summed E-state index contributed by atoms with van der Waals surface area (Å²) in [6.45, 7) is 5.09. The molecule has 0 aliphatic heterocycles. The lowest BCUT2D eigenvalue weighted by molar-refractivity contribution is -0.141. The van der Waals surface area contributed by atoms with Crippen molar-refractivity contribution in [1.82, 2.24) is 4.90 Å². The Morgan fingerprint density at radius 1 is 1.33 bits per heavy atom. The van der Waals surface area contributed by atoms with Crippen LogP contribution in [-0.2, 0) is 19.0 Å². The van der Waals surface area contributed by atoms with E-state index in [1.165, 1.54) is 7.11 Å². The van der Waals surface area contributed by atoms with Gasteiger partial charge in [0.1, 0.15) is 0 Å². The molecule has 6 heteroatoms. The van der Waals surface area contributed by atoms with Gasteiger partial charge in [0.05, 0.1) is 39.5 Å². The molecule has 0 saturated heterocycles. The highest BCUT2D eigenvalue weighted by Gasteiger charge is 2.12. The maximum Gasteiger partial charge on any atom is 0.306 e. The number of carbonyl (C=O) groups is 1. The fourth-order valence-corrected chi connectivity index (χ4v) is 1.44. The molecular weight excluding hydrogens is 238 g/mol. The molecule has 1 N–H and O–H groups in total. The Morgan fingerprint density at radius 2 is 2.06 bits per heavy atom. The second-order valence-electron chi connectivity index (χ2n) is 3.94. The van der Waals surface area contributed by atoms with Crippen molar-refractivity contribution >= 4 is 5.97 Å². The fraction of sp³-hybridized carbons (Fsp3) is 0.917. The third-order valence-electron chi connectivity index (χ3n) is 2.52. The number of likely N-dealkylation sites (N-methyl/N-ethyl adjacent to an activating group) is 1. The molecule has 0 rings (SSSR count). The first-order chi connectivity index (χ1) is 8.63. The number of esters is 1. The van der Waals surface area contributed by atoms with Crippen LogP contribution in [0.1, 0.15) is 13.3 Å². The first kappa shape index (κ1) is 17.3. The van der Waals surface area contributed by atoms with Crippen molar-refractivity contribution in [3.8, 4) is 0 Å². The van der Waals surface area contributed by atoms with Crippen molar-refractivity contribution in [2.45, 2.75) is 19.4 Å². The zero-order valence-electron chi connectivity index (χ0n) is 11.6. The number of aliphatic hydroxyl groups excluding tert-OH is 1. The highest BCUT2D eigenvalue weighted by atomic mass is 16.5. The van der Waals surface area contributed by atoms with Crippen molar-refractivity contribution < 1.29 is 24.1 Å². The quantitative estimate of drug-likeness (QED) is 0.414. The fourth-order valence-electron chi connectivity index (χ4n) is 1.44. The monoisotopic (exact) mass is 263 g/mol. The second kappa shape index (κ2) is 11.4. The number of nitrogens with zero attached hydrogens (tertiary/aromatic N) is 1. The molecule has 0 bridgehead atoms. The third kappa shape index (κ3) is 9.35. The Hall–Kier alpha value is -0.690. The van der Waals surface area contributed by atoms with Crippen molar-refractivity contribution in [2.24, 2.45) is 0 Å². The minimum absolute atomic E-state index is 0.237. The van der Waals surface area contributed by atoms with E-state index in [4.69, 9.17) is 9.47 Å². The third-order valence-corrected chi connectivity index (χ3v) is 2.52. The zero-order valence-corrected chi connectivity index (χ0v) is 11.6. The Kier molecular flexibility index (Phi) is 11.0. The molecule has 18 heavy (non-hydrogen) atoms. The molecule has 108 valence electrons. The molecule has 0 aromatic rings. The van der Waals surface area contributed by atoms with Gasteiger partial charge in [-0.25, -0.2) is 0 Å². The lowest BCUT2D eigenvalue weighted by atomic mass is 10.3. The van der Waals surface area contributed by atoms with E-state index < -0.39 is 6.10 Å². The van der Waals surface area contributed by atoms with Crippen LogP contribution < -0.4 is 0 Å². The van der Waals surface area contributed by atoms with Gasteiger partial charge < -0.3 is 24.2 Å². The lowest BCUT2D eigenvalue weighted by Gasteiger charge is -2.23. The van der Waals surface area contributed by atoms with Gasteiger partial charge in [-0.2, -0.15) is 0 Å². The van der Waals surface area contributed by atoms with Gasteiger partial charge in [0.15, 0.2) is 0 Å². The molecule has 0 fully saturated rings. The van der Waals surface area contributed by atoms with Crippen LogP contribution >= 0.6 is 0 Å². The molecular formula is C12H25NO5. The SMILES string of the molecule is CCN(CCC(=O)OC)CC(O)COCCOC. The zero-order chi connectivity index (χ0) is 13.8. The molecule has 6 nitrogen and oxygen atoms in total. The maximum atomic E-state index is 11.0. The number of aliphatic hydroxyl groups is 1. The number of methoxy groups -OCH3 is 2. The Bertz CT molecular complexity index is 213. The Balaban J connectivity index is 3.71. The van der Waals surface area contributed by atoms with Crippen LogP contribution in [0.3, 0.4) is 0 Å². The number of hydrogen-bond donors (Lipinski definition) is 1. The highest BCUT2D eigenvalue weighted by molar-refractivity contribution is 5.69. The Morgan fingerprint density at radius 3 is 2.61 bits per heavy atom. The molecule has 1 unspecified atom stereocenters. The van der Waals surface area contributed by atoms with Crippen LogP contribution in [0.25, 0.3) is 0 Å². The minimum Gasteiger partial charge on any atom is -0.469 e. The molecule has 0 amide bonds. The van der Waals surface area contributed by atoms with Crippen molar-refractivity contribution in [1.29, 1.82) is 0 Å². The van der Waals surface area contributed by atoms with E-state index in [2.05, 4.69) is 4.74 Å². The van der Waals surface area contributed by atoms with Crippen molar-refractivity contribution in [2.75, 3.05) is 53.7 Å². The van der Waals surface area contributed by atoms with Crippen LogP contribution in [0.2, 0.25) is 0 Å². The summed E-state index contributed by atoms with van der Waals surface area (Å²) in [5.41, 5.74) is 0. The van der Waals surface area contributed by atoms with Gasteiger partial charge in [-0.15, -0.1) is 0 Å². The summed E-state index contributed by atoms with van der Waals surface area (Å²) >= 11 is 0. The molecule has 0 aromatic heterocycles. The summed E-state index contributed by atoms with van der Waals surface area (Å²) in [5.74, 6) is -0.237. The molecule has 1 atom stereocenters. The van der Waals surface area contributed by atoms with Gasteiger partial charge in [0.2, 0.25) is 0 Å². The van der Waals surface area contributed by atoms with Crippen LogP contribution in [0, 0.1) is 0 Å². The molecule has 0 heterocycles. The molecule has 0 aliphatic carbocycles. The molecule has 0 aliphatic rings. The minimum atomic E-state index is -0.556. The first-order valence-corrected chi connectivity index (χ1v) is 6.17. The summed E-state index contributed by atoms with van der Waals surface area (Å²) in [6, 6.07) is 0. The van der Waals surface area contributed by atoms with Crippen molar-refractivity contribution in [3.05, 3.63) is 0 Å². The highest BCUT2D eigenvalue weighted by Crippen LogP contribution is 1.97. The number of hydrogen-bond acceptors (Lipinski definition) is 6. The summed E-state index contributed by atoms with van der Waals surface area (Å²) in [7, 11) is 2.97. The largest absolute Gasteiger partial charge is 0.469 e. The standard InChI is InChI=1S/C12H25NO5/c1-4-13(6-5-12(15)17-3)9-11(14)10-18-8-7-16-2/h11,14H,4-10H2,1-3H3. The Labute approximate surface area is 109 Å².